The summed E-state index contributed by atoms with van der Waals surface area (Å²) in [5.41, 5.74) is 5.90. The van der Waals surface area contributed by atoms with Crippen LogP contribution in [0, 0.1) is 5.92 Å². The van der Waals surface area contributed by atoms with Crippen molar-refractivity contribution in [3.05, 3.63) is 11.5 Å². The molecule has 1 saturated heterocycles. The lowest BCUT2D eigenvalue weighted by molar-refractivity contribution is -0.142. The van der Waals surface area contributed by atoms with Gasteiger partial charge in [0.2, 0.25) is 0 Å². The second-order valence-electron chi connectivity index (χ2n) is 5.02. The van der Waals surface area contributed by atoms with E-state index in [2.05, 4.69) is 15.3 Å². The molecule has 1 aliphatic heterocycles. The molecule has 3 rings (SSSR count). The van der Waals surface area contributed by atoms with Crippen molar-refractivity contribution in [2.75, 3.05) is 17.7 Å². The van der Waals surface area contributed by atoms with E-state index in [4.69, 9.17) is 22.1 Å². The number of nitrogen functional groups attached to an aromatic ring is 1. The number of fused-ring (bicyclic) bond motifs is 2. The predicted octanol–water partition coefficient (Wildman–Crippen LogP) is -1.40. The van der Waals surface area contributed by atoms with Crippen molar-refractivity contribution in [2.45, 2.75) is 30.5 Å². The quantitative estimate of drug-likeness (QED) is 0.421. The molecule has 1 aromatic rings. The van der Waals surface area contributed by atoms with Crippen LogP contribution >= 0.6 is 11.6 Å². The molecule has 0 spiro atoms. The normalized spacial score (nSPS) is 39.8. The molecular formula is C11H15ClN4O4. The predicted molar refractivity (Wildman–Crippen MR) is 70.1 cm³/mol. The fourth-order valence-corrected chi connectivity index (χ4v) is 3.01. The Morgan fingerprint density at radius 1 is 1.30 bits per heavy atom. The average Bonchev–Trinajstić information content (AvgIpc) is 2.56. The number of anilines is 2. The minimum absolute atomic E-state index is 0.0711. The van der Waals surface area contributed by atoms with Crippen molar-refractivity contribution in [1.82, 2.24) is 9.97 Å². The van der Waals surface area contributed by atoms with E-state index < -0.39 is 36.4 Å². The molecule has 2 heterocycles. The molecular weight excluding hydrogens is 288 g/mol. The fourth-order valence-electron chi connectivity index (χ4n) is 2.88. The van der Waals surface area contributed by atoms with Crippen molar-refractivity contribution < 1.29 is 20.1 Å². The average molecular weight is 303 g/mol. The lowest BCUT2D eigenvalue weighted by atomic mass is 9.93. The van der Waals surface area contributed by atoms with Crippen LogP contribution in [0.25, 0.3) is 0 Å². The van der Waals surface area contributed by atoms with Gasteiger partial charge in [-0.2, -0.15) is 0 Å². The Kier molecular flexibility index (Phi) is 3.43. The molecule has 1 saturated carbocycles. The van der Waals surface area contributed by atoms with Gasteiger partial charge < -0.3 is 31.1 Å². The lowest BCUT2D eigenvalue weighted by Crippen LogP contribution is -2.46. The third-order valence-electron chi connectivity index (χ3n) is 3.89. The number of aromatic nitrogens is 2. The summed E-state index contributed by atoms with van der Waals surface area (Å²) in [5, 5.41) is 33.2. The van der Waals surface area contributed by atoms with Crippen LogP contribution in [0.4, 0.5) is 11.5 Å². The maximum atomic E-state index is 10.2. The van der Waals surface area contributed by atoms with Crippen LogP contribution in [0.1, 0.15) is 0 Å². The summed E-state index contributed by atoms with van der Waals surface area (Å²) in [5.74, 6) is -0.321. The van der Waals surface area contributed by atoms with Crippen LogP contribution in [-0.4, -0.2) is 62.4 Å². The van der Waals surface area contributed by atoms with E-state index in [0.717, 1.165) is 0 Å². The molecule has 0 radical (unpaired) electrons. The van der Waals surface area contributed by atoms with Crippen molar-refractivity contribution in [3.8, 4) is 0 Å². The number of nitrogens with two attached hydrogens (primary N) is 1. The van der Waals surface area contributed by atoms with E-state index >= 15 is 0 Å². The Balaban J connectivity index is 1.88. The van der Waals surface area contributed by atoms with Crippen LogP contribution in [0.3, 0.4) is 0 Å². The highest BCUT2D eigenvalue weighted by Gasteiger charge is 2.56. The van der Waals surface area contributed by atoms with Crippen LogP contribution < -0.4 is 11.1 Å². The summed E-state index contributed by atoms with van der Waals surface area (Å²) < 4.78 is 5.25. The van der Waals surface area contributed by atoms with Gasteiger partial charge in [0.1, 0.15) is 24.2 Å². The van der Waals surface area contributed by atoms with E-state index in [-0.39, 0.29) is 23.3 Å². The van der Waals surface area contributed by atoms with Crippen molar-refractivity contribution in [3.63, 3.8) is 0 Å². The Bertz CT molecular complexity index is 519. The molecule has 0 aromatic carbocycles. The van der Waals surface area contributed by atoms with Gasteiger partial charge >= 0.3 is 0 Å². The number of hydrogen-bond donors (Lipinski definition) is 5. The molecule has 1 aromatic heterocycles. The maximum absolute atomic E-state index is 10.2. The Morgan fingerprint density at radius 3 is 2.80 bits per heavy atom. The Morgan fingerprint density at radius 2 is 2.05 bits per heavy atom. The fraction of sp³-hybridized carbons (Fsp3) is 0.636. The van der Waals surface area contributed by atoms with Crippen LogP contribution in [0.2, 0.25) is 5.15 Å². The number of hydrogen-bond acceptors (Lipinski definition) is 8. The first-order valence-corrected chi connectivity index (χ1v) is 6.57. The molecule has 8 nitrogen and oxygen atoms in total. The van der Waals surface area contributed by atoms with Gasteiger partial charge in [-0.3, -0.25) is 0 Å². The van der Waals surface area contributed by atoms with Gasteiger partial charge in [0.05, 0.1) is 24.9 Å². The SMILES string of the molecule is Nc1c(Cl)ncnc1N[C@H]1[C@H](O)[C@H]2OC[C@@H](O)[C@@H]1[C@H]2O. The van der Waals surface area contributed by atoms with Crippen molar-refractivity contribution in [1.29, 1.82) is 0 Å². The first-order valence-electron chi connectivity index (χ1n) is 6.19. The molecule has 0 unspecified atom stereocenters. The summed E-state index contributed by atoms with van der Waals surface area (Å²) >= 11 is 5.80. The molecule has 1 aliphatic carbocycles. The van der Waals surface area contributed by atoms with E-state index in [1.807, 2.05) is 0 Å². The highest BCUT2D eigenvalue weighted by molar-refractivity contribution is 6.32. The largest absolute Gasteiger partial charge is 0.393 e. The number of ether oxygens (including phenoxy) is 1. The Labute approximate surface area is 119 Å². The van der Waals surface area contributed by atoms with E-state index in [9.17, 15) is 15.3 Å². The van der Waals surface area contributed by atoms with Gasteiger partial charge in [-0.15, -0.1) is 0 Å². The van der Waals surface area contributed by atoms with Crippen LogP contribution in [0.5, 0.6) is 0 Å². The van der Waals surface area contributed by atoms with Gasteiger partial charge in [-0.1, -0.05) is 11.6 Å². The number of nitrogens with zero attached hydrogens (tertiary/aromatic N) is 2. The topological polar surface area (TPSA) is 134 Å². The second-order valence-corrected chi connectivity index (χ2v) is 5.38. The molecule has 2 aliphatic rings. The van der Waals surface area contributed by atoms with Gasteiger partial charge in [0.25, 0.3) is 0 Å². The molecule has 9 heteroatoms. The van der Waals surface area contributed by atoms with Gasteiger partial charge in [0.15, 0.2) is 11.0 Å². The first-order chi connectivity index (χ1) is 9.50. The summed E-state index contributed by atoms with van der Waals surface area (Å²) in [6.45, 7) is 0.0711. The molecule has 110 valence electrons. The van der Waals surface area contributed by atoms with Crippen LogP contribution in [0.15, 0.2) is 6.33 Å². The molecule has 20 heavy (non-hydrogen) atoms. The highest BCUT2D eigenvalue weighted by Crippen LogP contribution is 2.38. The third kappa shape index (κ3) is 2.00. The summed E-state index contributed by atoms with van der Waals surface area (Å²) in [4.78, 5) is 7.69. The molecule has 0 amide bonds. The second kappa shape index (κ2) is 4.97. The number of nitrogens with one attached hydrogen (secondary N) is 1. The number of rotatable bonds is 2. The van der Waals surface area contributed by atoms with Crippen molar-refractivity contribution in [2.24, 2.45) is 5.92 Å². The van der Waals surface area contributed by atoms with E-state index in [0.29, 0.717) is 0 Å². The smallest absolute Gasteiger partial charge is 0.157 e. The number of aliphatic hydroxyl groups excluding tert-OH is 3. The first kappa shape index (κ1) is 13.8. The third-order valence-corrected chi connectivity index (χ3v) is 4.19. The summed E-state index contributed by atoms with van der Waals surface area (Å²) in [6, 6.07) is -0.638. The summed E-state index contributed by atoms with van der Waals surface area (Å²) in [7, 11) is 0. The molecule has 2 bridgehead atoms. The Hall–Kier alpha value is -1.19. The zero-order valence-electron chi connectivity index (χ0n) is 10.3. The summed E-state index contributed by atoms with van der Waals surface area (Å²) in [6.07, 6.45) is -2.32. The van der Waals surface area contributed by atoms with E-state index in [1.54, 1.807) is 0 Å². The number of aliphatic hydroxyl groups is 3. The highest BCUT2D eigenvalue weighted by atomic mass is 35.5. The van der Waals surface area contributed by atoms with Crippen molar-refractivity contribution >= 4 is 23.1 Å². The molecule has 2 fully saturated rings. The molecule has 6 atom stereocenters. The lowest BCUT2D eigenvalue weighted by Gasteiger charge is -2.31. The zero-order valence-corrected chi connectivity index (χ0v) is 11.1. The van der Waals surface area contributed by atoms with Gasteiger partial charge in [-0.05, 0) is 0 Å². The monoisotopic (exact) mass is 302 g/mol. The minimum Gasteiger partial charge on any atom is -0.393 e. The van der Waals surface area contributed by atoms with E-state index in [1.165, 1.54) is 6.33 Å². The zero-order chi connectivity index (χ0) is 14.4. The minimum atomic E-state index is -0.986. The molecule has 6 N–H and O–H groups in total. The number of halogens is 1. The van der Waals surface area contributed by atoms with Gasteiger partial charge in [0, 0.05) is 5.92 Å². The standard InChI is InChI=1S/C11H15ClN4O4/c12-10-5(13)11(15-2-14-10)16-6-4-3(17)1-20-9(7(4)18)8(6)19/h2-4,6-9,17-19H,1,13H2,(H,14,15,16)/t3-,4+,6-,7-,8+,9+/m1/s1. The maximum Gasteiger partial charge on any atom is 0.157 e. The van der Waals surface area contributed by atoms with Crippen LogP contribution in [-0.2, 0) is 4.74 Å². The van der Waals surface area contributed by atoms with Gasteiger partial charge in [-0.25, -0.2) is 9.97 Å².